The van der Waals surface area contributed by atoms with Crippen LogP contribution in [0.3, 0.4) is 0 Å². The number of allylic oxidation sites excluding steroid dienone is 1. The Hall–Kier alpha value is -1.77. The molecular formula is C16H20O3. The number of methoxy groups -OCH3 is 1. The summed E-state index contributed by atoms with van der Waals surface area (Å²) in [5.41, 5.74) is 3.37. The third-order valence-electron chi connectivity index (χ3n) is 3.37. The first-order valence-corrected chi connectivity index (χ1v) is 6.79. The number of rotatable bonds is 3. The van der Waals surface area contributed by atoms with Crippen LogP contribution >= 0.6 is 0 Å². The van der Waals surface area contributed by atoms with E-state index in [1.807, 2.05) is 19.1 Å². The van der Waals surface area contributed by atoms with Gasteiger partial charge in [-0.25, -0.2) is 4.79 Å². The molecule has 102 valence electrons. The highest BCUT2D eigenvalue weighted by Crippen LogP contribution is 2.36. The molecule has 3 heteroatoms. The van der Waals surface area contributed by atoms with Gasteiger partial charge in [0.1, 0.15) is 5.75 Å². The number of esters is 1. The molecule has 0 aromatic heterocycles. The van der Waals surface area contributed by atoms with Crippen LogP contribution in [0.2, 0.25) is 0 Å². The minimum Gasteiger partial charge on any atom is -0.496 e. The molecular weight excluding hydrogens is 240 g/mol. The highest BCUT2D eigenvalue weighted by atomic mass is 16.5. The zero-order chi connectivity index (χ0) is 13.7. The number of aryl methyl sites for hydroxylation is 1. The first kappa shape index (κ1) is 13.7. The minimum absolute atomic E-state index is 0.267. The highest BCUT2D eigenvalue weighted by Gasteiger charge is 2.18. The molecule has 0 aliphatic heterocycles. The van der Waals surface area contributed by atoms with Crippen LogP contribution in [0.25, 0.3) is 5.57 Å². The quantitative estimate of drug-likeness (QED) is 0.475. The van der Waals surface area contributed by atoms with Gasteiger partial charge in [0.05, 0.1) is 13.7 Å². The number of carbonyl (C=O) groups is 1. The van der Waals surface area contributed by atoms with Crippen LogP contribution in [0.4, 0.5) is 0 Å². The smallest absolute Gasteiger partial charge is 0.331 e. The topological polar surface area (TPSA) is 35.5 Å². The number of carbonyl (C=O) groups excluding carboxylic acids is 1. The fourth-order valence-electron chi connectivity index (χ4n) is 2.55. The molecule has 0 radical (unpaired) electrons. The first-order valence-electron chi connectivity index (χ1n) is 6.79. The summed E-state index contributed by atoms with van der Waals surface area (Å²) in [4.78, 5) is 11.7. The maximum Gasteiger partial charge on any atom is 0.331 e. The Morgan fingerprint density at radius 1 is 1.32 bits per heavy atom. The van der Waals surface area contributed by atoms with Crippen LogP contribution in [-0.2, 0) is 16.0 Å². The minimum atomic E-state index is -0.267. The van der Waals surface area contributed by atoms with Crippen molar-refractivity contribution in [2.75, 3.05) is 13.7 Å². The van der Waals surface area contributed by atoms with E-state index in [1.54, 1.807) is 13.2 Å². The number of benzene rings is 1. The van der Waals surface area contributed by atoms with Gasteiger partial charge in [-0.05, 0) is 49.8 Å². The molecule has 1 aromatic rings. The molecule has 0 atom stereocenters. The maximum atomic E-state index is 11.7. The molecule has 19 heavy (non-hydrogen) atoms. The molecule has 0 saturated heterocycles. The van der Waals surface area contributed by atoms with E-state index in [0.717, 1.165) is 42.6 Å². The lowest BCUT2D eigenvalue weighted by Crippen LogP contribution is -2.02. The molecule has 1 aromatic carbocycles. The van der Waals surface area contributed by atoms with Gasteiger partial charge in [-0.15, -0.1) is 0 Å². The maximum absolute atomic E-state index is 11.7. The van der Waals surface area contributed by atoms with Crippen LogP contribution in [0.5, 0.6) is 5.75 Å². The number of fused-ring (bicyclic) bond motifs is 1. The van der Waals surface area contributed by atoms with Crippen LogP contribution in [-0.4, -0.2) is 19.7 Å². The zero-order valence-corrected chi connectivity index (χ0v) is 11.6. The summed E-state index contributed by atoms with van der Waals surface area (Å²) in [5.74, 6) is 0.575. The summed E-state index contributed by atoms with van der Waals surface area (Å²) in [6.07, 6.45) is 5.78. The van der Waals surface area contributed by atoms with Crippen molar-refractivity contribution in [1.82, 2.24) is 0 Å². The predicted octanol–water partition coefficient (Wildman–Crippen LogP) is 3.37. The van der Waals surface area contributed by atoms with E-state index in [0.29, 0.717) is 6.61 Å². The van der Waals surface area contributed by atoms with Crippen LogP contribution in [0.1, 0.15) is 37.3 Å². The molecule has 0 spiro atoms. The summed E-state index contributed by atoms with van der Waals surface area (Å²) in [6.45, 7) is 2.22. The Morgan fingerprint density at radius 2 is 2.11 bits per heavy atom. The van der Waals surface area contributed by atoms with Gasteiger partial charge in [0.2, 0.25) is 0 Å². The van der Waals surface area contributed by atoms with Gasteiger partial charge in [0.15, 0.2) is 0 Å². The van der Waals surface area contributed by atoms with Gasteiger partial charge in [-0.2, -0.15) is 0 Å². The third-order valence-corrected chi connectivity index (χ3v) is 3.37. The van der Waals surface area contributed by atoms with Crippen molar-refractivity contribution in [1.29, 1.82) is 0 Å². The molecule has 0 bridgehead atoms. The van der Waals surface area contributed by atoms with Gasteiger partial charge in [0.25, 0.3) is 0 Å². The summed E-state index contributed by atoms with van der Waals surface area (Å²) >= 11 is 0. The van der Waals surface area contributed by atoms with E-state index in [4.69, 9.17) is 9.47 Å². The zero-order valence-electron chi connectivity index (χ0n) is 11.6. The van der Waals surface area contributed by atoms with E-state index in [-0.39, 0.29) is 5.97 Å². The number of hydrogen-bond acceptors (Lipinski definition) is 3. The normalized spacial score (nSPS) is 16.6. The largest absolute Gasteiger partial charge is 0.496 e. The molecule has 3 nitrogen and oxygen atoms in total. The summed E-state index contributed by atoms with van der Waals surface area (Å²) < 4.78 is 10.5. The van der Waals surface area contributed by atoms with Gasteiger partial charge in [0, 0.05) is 11.6 Å². The van der Waals surface area contributed by atoms with Crippen molar-refractivity contribution in [3.63, 3.8) is 0 Å². The first-order chi connectivity index (χ1) is 9.26. The Labute approximate surface area is 114 Å². The molecule has 1 aliphatic carbocycles. The number of hydrogen-bond donors (Lipinski definition) is 0. The van der Waals surface area contributed by atoms with Crippen molar-refractivity contribution in [2.45, 2.75) is 32.6 Å². The summed E-state index contributed by atoms with van der Waals surface area (Å²) in [7, 11) is 1.67. The SMILES string of the molecule is CCOC(=O)/C=C1\CCCCc2cccc(OC)c21. The van der Waals surface area contributed by atoms with Gasteiger partial charge in [-0.3, -0.25) is 0 Å². The molecule has 0 unspecified atom stereocenters. The Kier molecular flexibility index (Phi) is 4.61. The van der Waals surface area contributed by atoms with Crippen LogP contribution in [0.15, 0.2) is 24.3 Å². The van der Waals surface area contributed by atoms with E-state index in [9.17, 15) is 4.79 Å². The van der Waals surface area contributed by atoms with E-state index in [2.05, 4.69) is 6.07 Å². The molecule has 0 heterocycles. The fourth-order valence-corrected chi connectivity index (χ4v) is 2.55. The second-order valence-electron chi connectivity index (χ2n) is 4.62. The van der Waals surface area contributed by atoms with Gasteiger partial charge in [-0.1, -0.05) is 12.1 Å². The van der Waals surface area contributed by atoms with Gasteiger partial charge >= 0.3 is 5.97 Å². The highest BCUT2D eigenvalue weighted by molar-refractivity contribution is 5.93. The molecule has 2 rings (SSSR count). The third kappa shape index (κ3) is 3.16. The Balaban J connectivity index is 2.44. The van der Waals surface area contributed by atoms with E-state index >= 15 is 0 Å². The Morgan fingerprint density at radius 3 is 2.84 bits per heavy atom. The predicted molar refractivity (Wildman–Crippen MR) is 75.2 cm³/mol. The van der Waals surface area contributed by atoms with Crippen molar-refractivity contribution >= 4 is 11.5 Å². The molecule has 0 N–H and O–H groups in total. The average Bonchev–Trinajstić information content (AvgIpc) is 2.61. The molecule has 0 amide bonds. The Bertz CT molecular complexity index is 489. The lowest BCUT2D eigenvalue weighted by atomic mass is 9.97. The van der Waals surface area contributed by atoms with Crippen molar-refractivity contribution in [3.05, 3.63) is 35.4 Å². The molecule has 0 saturated carbocycles. The van der Waals surface area contributed by atoms with Crippen molar-refractivity contribution in [3.8, 4) is 5.75 Å². The van der Waals surface area contributed by atoms with Crippen molar-refractivity contribution in [2.24, 2.45) is 0 Å². The van der Waals surface area contributed by atoms with Gasteiger partial charge < -0.3 is 9.47 Å². The lowest BCUT2D eigenvalue weighted by molar-refractivity contribution is -0.137. The second kappa shape index (κ2) is 6.41. The monoisotopic (exact) mass is 260 g/mol. The second-order valence-corrected chi connectivity index (χ2v) is 4.62. The van der Waals surface area contributed by atoms with E-state index < -0.39 is 0 Å². The summed E-state index contributed by atoms with van der Waals surface area (Å²) in [6, 6.07) is 6.07. The molecule has 0 fully saturated rings. The lowest BCUT2D eigenvalue weighted by Gasteiger charge is -2.13. The standard InChI is InChI=1S/C16H20O3/c1-3-19-15(17)11-13-8-5-4-7-12-9-6-10-14(18-2)16(12)13/h6,9-11H,3-5,7-8H2,1-2H3/b13-11+. The summed E-state index contributed by atoms with van der Waals surface area (Å²) in [5, 5.41) is 0. The van der Waals surface area contributed by atoms with E-state index in [1.165, 1.54) is 5.56 Å². The van der Waals surface area contributed by atoms with Crippen LogP contribution < -0.4 is 4.74 Å². The molecule has 1 aliphatic rings. The average molecular weight is 260 g/mol. The van der Waals surface area contributed by atoms with Crippen molar-refractivity contribution < 1.29 is 14.3 Å². The number of ether oxygens (including phenoxy) is 2. The van der Waals surface area contributed by atoms with Crippen LogP contribution in [0, 0.1) is 0 Å². The fraction of sp³-hybridized carbons (Fsp3) is 0.438.